The van der Waals surface area contributed by atoms with Crippen molar-refractivity contribution in [3.63, 3.8) is 0 Å². The molecule has 0 bridgehead atoms. The molecule has 0 aliphatic heterocycles. The number of aliphatic hydroxyl groups is 1. The second kappa shape index (κ2) is 6.03. The van der Waals surface area contributed by atoms with E-state index in [4.69, 9.17) is 5.11 Å². The molecule has 0 radical (unpaired) electrons. The van der Waals surface area contributed by atoms with Gasteiger partial charge in [0.1, 0.15) is 5.69 Å². The molecule has 21 heavy (non-hydrogen) atoms. The topological polar surface area (TPSA) is 62.2 Å². The summed E-state index contributed by atoms with van der Waals surface area (Å²) < 4.78 is 1.20. The monoisotopic (exact) mass is 298 g/mol. The molecule has 0 aliphatic carbocycles. The van der Waals surface area contributed by atoms with Crippen LogP contribution in [0.1, 0.15) is 10.5 Å². The van der Waals surface area contributed by atoms with Gasteiger partial charge in [0.15, 0.2) is 0 Å². The van der Waals surface area contributed by atoms with E-state index in [1.807, 2.05) is 24.3 Å². The van der Waals surface area contributed by atoms with Gasteiger partial charge in [0.2, 0.25) is 0 Å². The van der Waals surface area contributed by atoms with Crippen molar-refractivity contribution in [1.82, 2.24) is 10.3 Å². The summed E-state index contributed by atoms with van der Waals surface area (Å²) in [6, 6.07) is 13.5. The lowest BCUT2D eigenvalue weighted by atomic mass is 10.1. The van der Waals surface area contributed by atoms with E-state index in [2.05, 4.69) is 27.8 Å². The average Bonchev–Trinajstić information content (AvgIpc) is 2.97. The SMILES string of the molecule is O=C(NCCO)c1cccc(-c2csc3ccccc23)n1. The van der Waals surface area contributed by atoms with Crippen LogP contribution in [0.5, 0.6) is 0 Å². The zero-order valence-electron chi connectivity index (χ0n) is 11.2. The Hall–Kier alpha value is -2.24. The Morgan fingerprint density at radius 3 is 2.90 bits per heavy atom. The third-order valence-corrected chi connectivity index (χ3v) is 4.10. The summed E-state index contributed by atoms with van der Waals surface area (Å²) in [4.78, 5) is 16.3. The van der Waals surface area contributed by atoms with Gasteiger partial charge >= 0.3 is 0 Å². The fraction of sp³-hybridized carbons (Fsp3) is 0.125. The van der Waals surface area contributed by atoms with Crippen LogP contribution in [0.4, 0.5) is 0 Å². The molecule has 106 valence electrons. The van der Waals surface area contributed by atoms with Gasteiger partial charge in [-0.1, -0.05) is 24.3 Å². The molecule has 2 aromatic heterocycles. The fourth-order valence-corrected chi connectivity index (χ4v) is 3.10. The molecule has 1 aromatic carbocycles. The molecule has 2 N–H and O–H groups in total. The van der Waals surface area contributed by atoms with Gasteiger partial charge in [-0.05, 0) is 18.2 Å². The maximum absolute atomic E-state index is 11.9. The molecule has 5 heteroatoms. The highest BCUT2D eigenvalue weighted by atomic mass is 32.1. The van der Waals surface area contributed by atoms with E-state index in [0.29, 0.717) is 5.69 Å². The van der Waals surface area contributed by atoms with Crippen molar-refractivity contribution in [2.75, 3.05) is 13.2 Å². The van der Waals surface area contributed by atoms with Crippen LogP contribution >= 0.6 is 11.3 Å². The highest BCUT2D eigenvalue weighted by molar-refractivity contribution is 7.17. The Morgan fingerprint density at radius 2 is 2.05 bits per heavy atom. The highest BCUT2D eigenvalue weighted by Gasteiger charge is 2.11. The first-order chi connectivity index (χ1) is 10.3. The number of fused-ring (bicyclic) bond motifs is 1. The minimum atomic E-state index is -0.273. The molecule has 0 atom stereocenters. The molecular weight excluding hydrogens is 284 g/mol. The van der Waals surface area contributed by atoms with Gasteiger partial charge in [-0.25, -0.2) is 4.98 Å². The fourth-order valence-electron chi connectivity index (χ4n) is 2.15. The normalized spacial score (nSPS) is 10.7. The number of nitrogens with zero attached hydrogens (tertiary/aromatic N) is 1. The number of nitrogens with one attached hydrogen (secondary N) is 1. The van der Waals surface area contributed by atoms with Crippen LogP contribution in [0.3, 0.4) is 0 Å². The number of pyridine rings is 1. The molecule has 2 heterocycles. The molecule has 0 spiro atoms. The van der Waals surface area contributed by atoms with Crippen LogP contribution < -0.4 is 5.32 Å². The molecule has 0 unspecified atom stereocenters. The van der Waals surface area contributed by atoms with Crippen molar-refractivity contribution in [1.29, 1.82) is 0 Å². The van der Waals surface area contributed by atoms with Crippen LogP contribution in [-0.2, 0) is 0 Å². The smallest absolute Gasteiger partial charge is 0.269 e. The van der Waals surface area contributed by atoms with Gasteiger partial charge in [-0.15, -0.1) is 11.3 Å². The maximum atomic E-state index is 11.9. The van der Waals surface area contributed by atoms with E-state index in [9.17, 15) is 4.79 Å². The van der Waals surface area contributed by atoms with Gasteiger partial charge < -0.3 is 10.4 Å². The predicted molar refractivity (Wildman–Crippen MR) is 84.5 cm³/mol. The van der Waals surface area contributed by atoms with E-state index in [0.717, 1.165) is 16.6 Å². The first kappa shape index (κ1) is 13.7. The number of aromatic nitrogens is 1. The second-order valence-electron chi connectivity index (χ2n) is 4.53. The van der Waals surface area contributed by atoms with Crippen molar-refractivity contribution >= 4 is 27.3 Å². The Balaban J connectivity index is 1.98. The number of carbonyl (C=O) groups is 1. The Kier molecular flexibility index (Phi) is 3.94. The van der Waals surface area contributed by atoms with E-state index in [1.54, 1.807) is 17.4 Å². The van der Waals surface area contributed by atoms with Crippen molar-refractivity contribution in [2.24, 2.45) is 0 Å². The largest absolute Gasteiger partial charge is 0.395 e. The molecule has 0 fully saturated rings. The number of amides is 1. The summed E-state index contributed by atoms with van der Waals surface area (Å²) in [5.74, 6) is -0.273. The van der Waals surface area contributed by atoms with Gasteiger partial charge in [0, 0.05) is 27.6 Å². The zero-order chi connectivity index (χ0) is 14.7. The molecule has 0 aliphatic rings. The van der Waals surface area contributed by atoms with Crippen LogP contribution in [0.25, 0.3) is 21.3 Å². The lowest BCUT2D eigenvalue weighted by Crippen LogP contribution is -2.27. The number of thiophene rings is 1. The van der Waals surface area contributed by atoms with Gasteiger partial charge in [-0.3, -0.25) is 4.79 Å². The van der Waals surface area contributed by atoms with E-state index >= 15 is 0 Å². The van der Waals surface area contributed by atoms with Crippen molar-refractivity contribution < 1.29 is 9.90 Å². The lowest BCUT2D eigenvalue weighted by Gasteiger charge is -2.05. The minimum absolute atomic E-state index is 0.0827. The highest BCUT2D eigenvalue weighted by Crippen LogP contribution is 2.32. The van der Waals surface area contributed by atoms with Crippen LogP contribution in [-0.4, -0.2) is 29.1 Å². The number of hydrogen-bond donors (Lipinski definition) is 2. The summed E-state index contributed by atoms with van der Waals surface area (Å²) in [5.41, 5.74) is 2.17. The predicted octanol–water partition coefficient (Wildman–Crippen LogP) is 2.69. The molecule has 4 nitrogen and oxygen atoms in total. The van der Waals surface area contributed by atoms with Crippen LogP contribution in [0.2, 0.25) is 0 Å². The summed E-state index contributed by atoms with van der Waals surface area (Å²) in [5, 5.41) is 14.6. The summed E-state index contributed by atoms with van der Waals surface area (Å²) in [6.07, 6.45) is 0. The van der Waals surface area contributed by atoms with Gasteiger partial charge in [0.05, 0.1) is 12.3 Å². The lowest BCUT2D eigenvalue weighted by molar-refractivity contribution is 0.0940. The van der Waals surface area contributed by atoms with Gasteiger partial charge in [-0.2, -0.15) is 0 Å². The van der Waals surface area contributed by atoms with Crippen molar-refractivity contribution in [3.05, 3.63) is 53.5 Å². The van der Waals surface area contributed by atoms with Crippen molar-refractivity contribution in [2.45, 2.75) is 0 Å². The first-order valence-electron chi connectivity index (χ1n) is 6.62. The third-order valence-electron chi connectivity index (χ3n) is 3.14. The second-order valence-corrected chi connectivity index (χ2v) is 5.44. The molecule has 3 aromatic rings. The van der Waals surface area contributed by atoms with E-state index in [1.165, 1.54) is 4.70 Å². The van der Waals surface area contributed by atoms with E-state index in [-0.39, 0.29) is 19.1 Å². The molecule has 0 saturated carbocycles. The Bertz CT molecular complexity index is 783. The summed E-state index contributed by atoms with van der Waals surface area (Å²) in [7, 11) is 0. The number of rotatable bonds is 4. The molecular formula is C16H14N2O2S. The third kappa shape index (κ3) is 2.79. The standard InChI is InChI=1S/C16H14N2O2S/c19-9-8-17-16(20)14-6-3-5-13(18-14)12-10-21-15-7-2-1-4-11(12)15/h1-7,10,19H,8-9H2,(H,17,20). The number of hydrogen-bond acceptors (Lipinski definition) is 4. The molecule has 1 amide bonds. The zero-order valence-corrected chi connectivity index (χ0v) is 12.1. The van der Waals surface area contributed by atoms with Crippen LogP contribution in [0, 0.1) is 0 Å². The number of carbonyl (C=O) groups excluding carboxylic acids is 1. The Morgan fingerprint density at radius 1 is 1.19 bits per heavy atom. The molecule has 0 saturated heterocycles. The Labute approximate surface area is 126 Å². The number of benzene rings is 1. The minimum Gasteiger partial charge on any atom is -0.395 e. The quantitative estimate of drug-likeness (QED) is 0.778. The van der Waals surface area contributed by atoms with Crippen molar-refractivity contribution in [3.8, 4) is 11.3 Å². The average molecular weight is 298 g/mol. The summed E-state index contributed by atoms with van der Waals surface area (Å²) in [6.45, 7) is 0.146. The maximum Gasteiger partial charge on any atom is 0.269 e. The summed E-state index contributed by atoms with van der Waals surface area (Å²) >= 11 is 1.66. The van der Waals surface area contributed by atoms with Crippen LogP contribution in [0.15, 0.2) is 47.8 Å². The first-order valence-corrected chi connectivity index (χ1v) is 7.50. The molecule has 3 rings (SSSR count). The van der Waals surface area contributed by atoms with E-state index < -0.39 is 0 Å². The van der Waals surface area contributed by atoms with Gasteiger partial charge in [0.25, 0.3) is 5.91 Å². The number of aliphatic hydroxyl groups excluding tert-OH is 1.